The molecule has 1 heteroatoms. The Morgan fingerprint density at radius 3 is 2.08 bits per heavy atom. The van der Waals surface area contributed by atoms with Gasteiger partial charge in [-0.25, -0.2) is 0 Å². The van der Waals surface area contributed by atoms with Gasteiger partial charge in [0.25, 0.3) is 0 Å². The first-order valence-corrected chi connectivity index (χ1v) is 4.99. The number of benzene rings is 1. The average molecular weight is 177 g/mol. The molecule has 0 aliphatic heterocycles. The lowest BCUT2D eigenvalue weighted by Crippen LogP contribution is -2.16. The van der Waals surface area contributed by atoms with Crippen molar-refractivity contribution in [1.82, 2.24) is 0 Å². The third-order valence-electron chi connectivity index (χ3n) is 2.49. The van der Waals surface area contributed by atoms with Gasteiger partial charge in [-0.2, -0.15) is 0 Å². The van der Waals surface area contributed by atoms with E-state index < -0.39 is 0 Å². The van der Waals surface area contributed by atoms with E-state index in [1.807, 2.05) is 0 Å². The fourth-order valence-electron chi connectivity index (χ4n) is 1.36. The van der Waals surface area contributed by atoms with Crippen molar-refractivity contribution in [3.8, 4) is 0 Å². The molecule has 2 N–H and O–H groups in total. The van der Waals surface area contributed by atoms with Crippen LogP contribution in [0.5, 0.6) is 0 Å². The van der Waals surface area contributed by atoms with E-state index in [1.165, 1.54) is 11.1 Å². The van der Waals surface area contributed by atoms with E-state index in [4.69, 9.17) is 5.73 Å². The van der Waals surface area contributed by atoms with Crippen molar-refractivity contribution in [3.63, 3.8) is 0 Å². The highest BCUT2D eigenvalue weighted by atomic mass is 14.6. The summed E-state index contributed by atoms with van der Waals surface area (Å²) in [5.74, 6) is 0.507. The highest BCUT2D eigenvalue weighted by Gasteiger charge is 2.09. The van der Waals surface area contributed by atoms with Gasteiger partial charge in [0, 0.05) is 6.04 Å². The van der Waals surface area contributed by atoms with E-state index in [9.17, 15) is 0 Å². The molecule has 0 radical (unpaired) electrons. The molecule has 13 heavy (non-hydrogen) atoms. The smallest absolute Gasteiger partial charge is 0.0318 e. The molecule has 0 fully saturated rings. The Balaban J connectivity index is 2.79. The molecule has 0 spiro atoms. The van der Waals surface area contributed by atoms with Gasteiger partial charge in [0.2, 0.25) is 0 Å². The molecular formula is C12H19N. The standard InChI is InChI=1S/C12H19N/c1-4-10-5-7-11(8-6-10)12(13)9(2)3/h5-9,12H,4,13H2,1-3H3/t12-/m0/s1. The highest BCUT2D eigenvalue weighted by Crippen LogP contribution is 2.18. The largest absolute Gasteiger partial charge is 0.324 e. The molecule has 0 aromatic heterocycles. The molecule has 1 atom stereocenters. The first-order valence-electron chi connectivity index (χ1n) is 4.99. The monoisotopic (exact) mass is 177 g/mol. The van der Waals surface area contributed by atoms with E-state index in [0.717, 1.165) is 6.42 Å². The van der Waals surface area contributed by atoms with Gasteiger partial charge in [-0.1, -0.05) is 45.0 Å². The summed E-state index contributed by atoms with van der Waals surface area (Å²) in [4.78, 5) is 0. The Hall–Kier alpha value is -0.820. The maximum atomic E-state index is 6.03. The van der Waals surface area contributed by atoms with Crippen LogP contribution >= 0.6 is 0 Å². The van der Waals surface area contributed by atoms with E-state index in [1.54, 1.807) is 0 Å². The summed E-state index contributed by atoms with van der Waals surface area (Å²) in [5.41, 5.74) is 8.65. The van der Waals surface area contributed by atoms with Gasteiger partial charge in [-0.05, 0) is 23.5 Å². The molecule has 0 bridgehead atoms. The van der Waals surface area contributed by atoms with E-state index >= 15 is 0 Å². The third-order valence-corrected chi connectivity index (χ3v) is 2.49. The number of hydrogen-bond donors (Lipinski definition) is 1. The van der Waals surface area contributed by atoms with Crippen molar-refractivity contribution in [2.45, 2.75) is 33.2 Å². The second-order valence-electron chi connectivity index (χ2n) is 3.86. The summed E-state index contributed by atoms with van der Waals surface area (Å²) in [5, 5.41) is 0. The molecule has 1 aromatic carbocycles. The molecule has 1 aromatic rings. The summed E-state index contributed by atoms with van der Waals surface area (Å²) < 4.78 is 0. The summed E-state index contributed by atoms with van der Waals surface area (Å²) >= 11 is 0. The summed E-state index contributed by atoms with van der Waals surface area (Å²) in [6.45, 7) is 6.47. The normalized spacial score (nSPS) is 13.3. The Labute approximate surface area is 81.0 Å². The van der Waals surface area contributed by atoms with Crippen LogP contribution in [0.4, 0.5) is 0 Å². The van der Waals surface area contributed by atoms with E-state index in [-0.39, 0.29) is 6.04 Å². The molecule has 1 nitrogen and oxygen atoms in total. The zero-order valence-corrected chi connectivity index (χ0v) is 8.75. The average Bonchev–Trinajstić information content (AvgIpc) is 2.17. The van der Waals surface area contributed by atoms with Crippen LogP contribution in [0.25, 0.3) is 0 Å². The fourth-order valence-corrected chi connectivity index (χ4v) is 1.36. The van der Waals surface area contributed by atoms with E-state index in [2.05, 4.69) is 45.0 Å². The van der Waals surface area contributed by atoms with Crippen LogP contribution in [0.3, 0.4) is 0 Å². The minimum atomic E-state index is 0.172. The van der Waals surface area contributed by atoms with Crippen molar-refractivity contribution in [2.24, 2.45) is 11.7 Å². The quantitative estimate of drug-likeness (QED) is 0.754. The Morgan fingerprint density at radius 2 is 1.69 bits per heavy atom. The molecule has 0 unspecified atom stereocenters. The van der Waals surface area contributed by atoms with Gasteiger partial charge in [-0.3, -0.25) is 0 Å². The molecule has 0 saturated carbocycles. The lowest BCUT2D eigenvalue weighted by Gasteiger charge is -2.16. The van der Waals surface area contributed by atoms with E-state index in [0.29, 0.717) is 5.92 Å². The van der Waals surface area contributed by atoms with Gasteiger partial charge in [0.15, 0.2) is 0 Å². The fraction of sp³-hybridized carbons (Fsp3) is 0.500. The number of nitrogens with two attached hydrogens (primary N) is 1. The minimum Gasteiger partial charge on any atom is -0.324 e. The molecule has 0 saturated heterocycles. The van der Waals surface area contributed by atoms with Gasteiger partial charge in [0.05, 0.1) is 0 Å². The third kappa shape index (κ3) is 2.56. The molecule has 0 heterocycles. The Bertz CT molecular complexity index is 248. The van der Waals surface area contributed by atoms with Crippen molar-refractivity contribution in [3.05, 3.63) is 35.4 Å². The van der Waals surface area contributed by atoms with Crippen LogP contribution in [0, 0.1) is 5.92 Å². The number of hydrogen-bond acceptors (Lipinski definition) is 1. The van der Waals surface area contributed by atoms with Crippen LogP contribution in [-0.4, -0.2) is 0 Å². The predicted octanol–water partition coefficient (Wildman–Crippen LogP) is 2.90. The second kappa shape index (κ2) is 4.43. The zero-order valence-electron chi connectivity index (χ0n) is 8.75. The summed E-state index contributed by atoms with van der Waals surface area (Å²) in [7, 11) is 0. The van der Waals surface area contributed by atoms with Crippen molar-refractivity contribution < 1.29 is 0 Å². The first kappa shape index (κ1) is 10.3. The van der Waals surface area contributed by atoms with Crippen molar-refractivity contribution in [2.75, 3.05) is 0 Å². The lowest BCUT2D eigenvalue weighted by atomic mass is 9.96. The maximum absolute atomic E-state index is 6.03. The minimum absolute atomic E-state index is 0.172. The number of aryl methyl sites for hydroxylation is 1. The Morgan fingerprint density at radius 1 is 1.15 bits per heavy atom. The molecule has 1 rings (SSSR count). The topological polar surface area (TPSA) is 26.0 Å². The van der Waals surface area contributed by atoms with Crippen LogP contribution in [0.15, 0.2) is 24.3 Å². The SMILES string of the molecule is CCc1ccc([C@@H](N)C(C)C)cc1. The van der Waals surface area contributed by atoms with Gasteiger partial charge >= 0.3 is 0 Å². The summed E-state index contributed by atoms with van der Waals surface area (Å²) in [6.07, 6.45) is 1.09. The van der Waals surface area contributed by atoms with Crippen molar-refractivity contribution >= 4 is 0 Å². The first-order chi connectivity index (χ1) is 6.15. The van der Waals surface area contributed by atoms with Crippen LogP contribution in [-0.2, 0) is 6.42 Å². The van der Waals surface area contributed by atoms with Crippen LogP contribution in [0.2, 0.25) is 0 Å². The summed E-state index contributed by atoms with van der Waals surface area (Å²) in [6, 6.07) is 8.79. The molecular weight excluding hydrogens is 158 g/mol. The highest BCUT2D eigenvalue weighted by molar-refractivity contribution is 5.25. The molecule has 72 valence electrons. The molecule has 0 aliphatic carbocycles. The Kier molecular flexibility index (Phi) is 3.49. The predicted molar refractivity (Wildman–Crippen MR) is 57.6 cm³/mol. The van der Waals surface area contributed by atoms with Crippen LogP contribution < -0.4 is 5.73 Å². The van der Waals surface area contributed by atoms with Gasteiger partial charge < -0.3 is 5.73 Å². The number of rotatable bonds is 3. The maximum Gasteiger partial charge on any atom is 0.0318 e. The molecule has 0 amide bonds. The second-order valence-corrected chi connectivity index (χ2v) is 3.86. The van der Waals surface area contributed by atoms with Gasteiger partial charge in [-0.15, -0.1) is 0 Å². The van der Waals surface area contributed by atoms with Gasteiger partial charge in [0.1, 0.15) is 0 Å². The van der Waals surface area contributed by atoms with Crippen molar-refractivity contribution in [1.29, 1.82) is 0 Å². The zero-order chi connectivity index (χ0) is 9.84. The van der Waals surface area contributed by atoms with Crippen LogP contribution in [0.1, 0.15) is 37.9 Å². The molecule has 0 aliphatic rings. The lowest BCUT2D eigenvalue weighted by molar-refractivity contribution is 0.514.